The number of pyridine rings is 1. The van der Waals surface area contributed by atoms with Crippen LogP contribution in [-0.2, 0) is 0 Å². The number of piperidine rings is 1. The fraction of sp³-hybridized carbons (Fsp3) is 0.381. The molecule has 0 unspecified atom stereocenters. The first-order valence-electron chi connectivity index (χ1n) is 9.19. The van der Waals surface area contributed by atoms with Crippen molar-refractivity contribution in [3.63, 3.8) is 0 Å². The normalized spacial score (nSPS) is 23.0. The summed E-state index contributed by atoms with van der Waals surface area (Å²) in [5, 5.41) is 0.736. The van der Waals surface area contributed by atoms with Crippen molar-refractivity contribution < 1.29 is 0 Å². The highest BCUT2D eigenvalue weighted by molar-refractivity contribution is 6.30. The number of rotatable bonds is 1. The van der Waals surface area contributed by atoms with Gasteiger partial charge in [0.25, 0.3) is 0 Å². The summed E-state index contributed by atoms with van der Waals surface area (Å²) in [6.07, 6.45) is 5.37. The lowest BCUT2D eigenvalue weighted by atomic mass is 9.93. The first-order valence-corrected chi connectivity index (χ1v) is 9.57. The van der Waals surface area contributed by atoms with Crippen LogP contribution in [-0.4, -0.2) is 41.6 Å². The average Bonchev–Trinajstić information content (AvgIpc) is 2.66. The minimum atomic E-state index is 0.316. The Balaban J connectivity index is 1.48. The van der Waals surface area contributed by atoms with Crippen molar-refractivity contribution in [1.82, 2.24) is 9.88 Å². The van der Waals surface area contributed by atoms with Crippen LogP contribution in [0.25, 0.3) is 0 Å². The van der Waals surface area contributed by atoms with Crippen LogP contribution in [0.5, 0.6) is 0 Å². The zero-order valence-electron chi connectivity index (χ0n) is 14.7. The van der Waals surface area contributed by atoms with Crippen LogP contribution in [0.4, 0.5) is 11.5 Å². The number of anilines is 2. The quantitative estimate of drug-likeness (QED) is 0.785. The fourth-order valence-electron chi connectivity index (χ4n) is 4.00. The summed E-state index contributed by atoms with van der Waals surface area (Å²) in [6, 6.07) is 12.4. The molecule has 0 aliphatic carbocycles. The Morgan fingerprint density at radius 1 is 1.15 bits per heavy atom. The number of nitrogens with zero attached hydrogens (tertiary/aromatic N) is 3. The zero-order valence-corrected chi connectivity index (χ0v) is 15.5. The SMILES string of the molecule is Nc1cccnc1N1CCN2[C@@H](CCC[C@@H]2C#Cc2cccc(Cl)c2)C1. The van der Waals surface area contributed by atoms with Gasteiger partial charge in [0.15, 0.2) is 5.82 Å². The van der Waals surface area contributed by atoms with Gasteiger partial charge in [0, 0.05) is 42.5 Å². The van der Waals surface area contributed by atoms with Crippen molar-refractivity contribution in [3.05, 3.63) is 53.2 Å². The third-order valence-electron chi connectivity index (χ3n) is 5.27. The van der Waals surface area contributed by atoms with E-state index >= 15 is 0 Å². The molecular formula is C21H23ClN4. The van der Waals surface area contributed by atoms with E-state index in [1.807, 2.05) is 42.6 Å². The summed E-state index contributed by atoms with van der Waals surface area (Å²) >= 11 is 6.06. The number of halogens is 1. The Bertz CT molecular complexity index is 841. The van der Waals surface area contributed by atoms with Gasteiger partial charge in [0.1, 0.15) is 0 Å². The van der Waals surface area contributed by atoms with Gasteiger partial charge >= 0.3 is 0 Å². The molecule has 2 aliphatic heterocycles. The van der Waals surface area contributed by atoms with E-state index in [0.717, 1.165) is 48.1 Å². The lowest BCUT2D eigenvalue weighted by Gasteiger charge is -2.47. The molecule has 1 aromatic heterocycles. The third-order valence-corrected chi connectivity index (χ3v) is 5.50. The molecule has 0 spiro atoms. The second-order valence-electron chi connectivity index (χ2n) is 6.98. The monoisotopic (exact) mass is 366 g/mol. The number of nitrogen functional groups attached to an aromatic ring is 1. The third kappa shape index (κ3) is 3.65. The van der Waals surface area contributed by atoms with Crippen LogP contribution in [0.15, 0.2) is 42.6 Å². The maximum absolute atomic E-state index is 6.12. The number of aromatic nitrogens is 1. The lowest BCUT2D eigenvalue weighted by Crippen LogP contribution is -2.58. The van der Waals surface area contributed by atoms with Gasteiger partial charge in [-0.2, -0.15) is 0 Å². The van der Waals surface area contributed by atoms with Gasteiger partial charge in [0.05, 0.1) is 11.7 Å². The summed E-state index contributed by atoms with van der Waals surface area (Å²) in [5.74, 6) is 7.72. The number of hydrogen-bond acceptors (Lipinski definition) is 4. The minimum Gasteiger partial charge on any atom is -0.396 e. The molecule has 0 amide bonds. The van der Waals surface area contributed by atoms with Crippen LogP contribution in [0, 0.1) is 11.8 Å². The average molecular weight is 367 g/mol. The first kappa shape index (κ1) is 17.2. The smallest absolute Gasteiger partial charge is 0.151 e. The minimum absolute atomic E-state index is 0.316. The Morgan fingerprint density at radius 2 is 2.08 bits per heavy atom. The van der Waals surface area contributed by atoms with E-state index in [9.17, 15) is 0 Å². The molecule has 2 N–H and O–H groups in total. The van der Waals surface area contributed by atoms with Crippen molar-refractivity contribution in [1.29, 1.82) is 0 Å². The first-order chi connectivity index (χ1) is 12.7. The molecule has 0 radical (unpaired) electrons. The van der Waals surface area contributed by atoms with Crippen LogP contribution in [0.2, 0.25) is 5.02 Å². The number of nitrogens with two attached hydrogens (primary N) is 1. The fourth-order valence-corrected chi connectivity index (χ4v) is 4.19. The molecule has 1 aromatic carbocycles. The molecule has 134 valence electrons. The van der Waals surface area contributed by atoms with Crippen molar-refractivity contribution in [3.8, 4) is 11.8 Å². The molecule has 3 heterocycles. The Morgan fingerprint density at radius 3 is 2.92 bits per heavy atom. The molecule has 4 rings (SSSR count). The molecule has 5 heteroatoms. The van der Waals surface area contributed by atoms with Crippen molar-refractivity contribution in [2.75, 3.05) is 30.3 Å². The van der Waals surface area contributed by atoms with E-state index in [1.54, 1.807) is 0 Å². The molecule has 2 aromatic rings. The number of piperazine rings is 1. The summed E-state index contributed by atoms with van der Waals surface area (Å²) in [6.45, 7) is 2.90. The van der Waals surface area contributed by atoms with Gasteiger partial charge in [-0.3, -0.25) is 4.90 Å². The highest BCUT2D eigenvalue weighted by Gasteiger charge is 2.34. The topological polar surface area (TPSA) is 45.4 Å². The Hall–Kier alpha value is -2.22. The van der Waals surface area contributed by atoms with Crippen LogP contribution in [0.3, 0.4) is 0 Å². The maximum Gasteiger partial charge on any atom is 0.151 e. The molecule has 0 bridgehead atoms. The predicted octanol–water partition coefficient (Wildman–Crippen LogP) is 3.41. The molecule has 2 aliphatic rings. The second-order valence-corrected chi connectivity index (χ2v) is 7.42. The Labute approximate surface area is 160 Å². The van der Waals surface area contributed by atoms with Crippen LogP contribution < -0.4 is 10.6 Å². The molecule has 2 atom stereocenters. The molecular weight excluding hydrogens is 344 g/mol. The molecule has 26 heavy (non-hydrogen) atoms. The van der Waals surface area contributed by atoms with E-state index in [2.05, 4.69) is 26.6 Å². The van der Waals surface area contributed by atoms with Gasteiger partial charge in [-0.25, -0.2) is 4.98 Å². The second kappa shape index (κ2) is 7.57. The van der Waals surface area contributed by atoms with Crippen molar-refractivity contribution in [2.45, 2.75) is 31.3 Å². The lowest BCUT2D eigenvalue weighted by molar-refractivity contribution is 0.100. The van der Waals surface area contributed by atoms with Crippen LogP contribution in [0.1, 0.15) is 24.8 Å². The number of hydrogen-bond donors (Lipinski definition) is 1. The van der Waals surface area contributed by atoms with Gasteiger partial charge < -0.3 is 10.6 Å². The van der Waals surface area contributed by atoms with Gasteiger partial charge in [0.2, 0.25) is 0 Å². The zero-order chi connectivity index (χ0) is 17.9. The van der Waals surface area contributed by atoms with Crippen LogP contribution >= 0.6 is 11.6 Å². The van der Waals surface area contributed by atoms with E-state index < -0.39 is 0 Å². The van der Waals surface area contributed by atoms with E-state index in [1.165, 1.54) is 12.8 Å². The largest absolute Gasteiger partial charge is 0.396 e. The predicted molar refractivity (Wildman–Crippen MR) is 107 cm³/mol. The molecule has 4 nitrogen and oxygen atoms in total. The summed E-state index contributed by atoms with van der Waals surface area (Å²) in [7, 11) is 0. The maximum atomic E-state index is 6.12. The molecule has 2 fully saturated rings. The summed E-state index contributed by atoms with van der Waals surface area (Å²) < 4.78 is 0. The Kier molecular flexibility index (Phi) is 5.01. The van der Waals surface area contributed by atoms with Crippen molar-refractivity contribution >= 4 is 23.1 Å². The summed E-state index contributed by atoms with van der Waals surface area (Å²) in [4.78, 5) is 9.37. The molecule has 0 saturated carbocycles. The highest BCUT2D eigenvalue weighted by atomic mass is 35.5. The standard InChI is InChI=1S/C21H23ClN4/c22-17-5-1-4-16(14-17)9-10-18-6-2-7-19-15-25(12-13-26(18)19)21-20(23)8-3-11-24-21/h1,3-5,8,11,14,18-19H,2,6-7,12-13,15,23H2/t18-,19+/m1/s1. The number of benzene rings is 1. The van der Waals surface area contributed by atoms with E-state index in [4.69, 9.17) is 17.3 Å². The molecule has 2 saturated heterocycles. The van der Waals surface area contributed by atoms with Crippen molar-refractivity contribution in [2.24, 2.45) is 0 Å². The van der Waals surface area contributed by atoms with E-state index in [-0.39, 0.29) is 0 Å². The number of fused-ring (bicyclic) bond motifs is 1. The summed E-state index contributed by atoms with van der Waals surface area (Å²) in [5.41, 5.74) is 7.86. The van der Waals surface area contributed by atoms with E-state index in [0.29, 0.717) is 12.1 Å². The van der Waals surface area contributed by atoms with Gasteiger partial charge in [-0.05, 0) is 49.6 Å². The van der Waals surface area contributed by atoms with Gasteiger partial charge in [-0.1, -0.05) is 29.5 Å². The van der Waals surface area contributed by atoms with Gasteiger partial charge in [-0.15, -0.1) is 0 Å². The highest BCUT2D eigenvalue weighted by Crippen LogP contribution is 2.29.